The third kappa shape index (κ3) is 3.87. The molecule has 1 atom stereocenters. The van der Waals surface area contributed by atoms with E-state index in [-0.39, 0.29) is 6.04 Å². The maximum atomic E-state index is 5.44. The van der Waals surface area contributed by atoms with E-state index >= 15 is 0 Å². The summed E-state index contributed by atoms with van der Waals surface area (Å²) < 4.78 is 16.1. The minimum atomic E-state index is 0.239. The summed E-state index contributed by atoms with van der Waals surface area (Å²) in [4.78, 5) is 0. The molecule has 1 heterocycles. The fourth-order valence-electron chi connectivity index (χ4n) is 2.58. The van der Waals surface area contributed by atoms with Gasteiger partial charge in [0.1, 0.15) is 11.5 Å². The number of hydrogen-bond donors (Lipinski definition) is 1. The lowest BCUT2D eigenvalue weighted by Crippen LogP contribution is -2.29. The molecule has 1 aromatic carbocycles. The second-order valence-corrected chi connectivity index (χ2v) is 5.29. The first-order chi connectivity index (χ1) is 9.74. The van der Waals surface area contributed by atoms with Gasteiger partial charge >= 0.3 is 0 Å². The zero-order valence-electron chi connectivity index (χ0n) is 12.6. The second-order valence-electron chi connectivity index (χ2n) is 5.29. The van der Waals surface area contributed by atoms with Crippen LogP contribution < -0.4 is 14.8 Å². The molecule has 0 aliphatic carbocycles. The van der Waals surface area contributed by atoms with Crippen LogP contribution in [0.4, 0.5) is 0 Å². The highest BCUT2D eigenvalue weighted by Gasteiger charge is 2.17. The Morgan fingerprint density at radius 1 is 1.25 bits per heavy atom. The first kappa shape index (κ1) is 15.1. The number of methoxy groups -OCH3 is 2. The number of rotatable bonds is 6. The van der Waals surface area contributed by atoms with Crippen LogP contribution in [-0.2, 0) is 4.74 Å². The lowest BCUT2D eigenvalue weighted by molar-refractivity contribution is 0.0656. The van der Waals surface area contributed by atoms with Crippen molar-refractivity contribution in [3.8, 4) is 11.5 Å². The Kier molecular flexibility index (Phi) is 5.68. The van der Waals surface area contributed by atoms with E-state index in [4.69, 9.17) is 14.2 Å². The van der Waals surface area contributed by atoms with E-state index in [0.717, 1.165) is 49.7 Å². The number of ether oxygens (including phenoxy) is 3. The van der Waals surface area contributed by atoms with E-state index in [0.29, 0.717) is 5.92 Å². The SMILES string of the molecule is COc1ccc(OC)c(C(C)NCC2CCOCC2)c1. The van der Waals surface area contributed by atoms with E-state index in [1.165, 1.54) is 0 Å². The van der Waals surface area contributed by atoms with Crippen molar-refractivity contribution < 1.29 is 14.2 Å². The summed E-state index contributed by atoms with van der Waals surface area (Å²) >= 11 is 0. The van der Waals surface area contributed by atoms with Crippen LogP contribution >= 0.6 is 0 Å². The molecular weight excluding hydrogens is 254 g/mol. The quantitative estimate of drug-likeness (QED) is 0.869. The summed E-state index contributed by atoms with van der Waals surface area (Å²) in [5.74, 6) is 2.47. The van der Waals surface area contributed by atoms with E-state index in [2.05, 4.69) is 12.2 Å². The highest BCUT2D eigenvalue weighted by molar-refractivity contribution is 5.42. The van der Waals surface area contributed by atoms with Gasteiger partial charge in [0, 0.05) is 24.8 Å². The van der Waals surface area contributed by atoms with Gasteiger partial charge in [-0.1, -0.05) is 0 Å². The van der Waals surface area contributed by atoms with Crippen LogP contribution in [0.5, 0.6) is 11.5 Å². The van der Waals surface area contributed by atoms with Gasteiger partial charge in [-0.05, 0) is 50.4 Å². The van der Waals surface area contributed by atoms with Crippen LogP contribution in [0.25, 0.3) is 0 Å². The molecule has 2 rings (SSSR count). The molecule has 0 amide bonds. The van der Waals surface area contributed by atoms with Crippen LogP contribution in [0.1, 0.15) is 31.4 Å². The largest absolute Gasteiger partial charge is 0.497 e. The lowest BCUT2D eigenvalue weighted by atomic mass is 9.99. The monoisotopic (exact) mass is 279 g/mol. The Bertz CT molecular complexity index is 416. The van der Waals surface area contributed by atoms with Crippen LogP contribution in [0.3, 0.4) is 0 Å². The molecule has 4 heteroatoms. The van der Waals surface area contributed by atoms with Crippen LogP contribution in [-0.4, -0.2) is 34.0 Å². The Morgan fingerprint density at radius 2 is 2.00 bits per heavy atom. The predicted molar refractivity (Wildman–Crippen MR) is 79.5 cm³/mol. The number of benzene rings is 1. The molecule has 0 spiro atoms. The molecular formula is C16H25NO3. The van der Waals surface area contributed by atoms with Gasteiger partial charge < -0.3 is 19.5 Å². The normalized spacial score (nSPS) is 17.8. The predicted octanol–water partition coefficient (Wildman–Crippen LogP) is 2.78. The highest BCUT2D eigenvalue weighted by atomic mass is 16.5. The summed E-state index contributed by atoms with van der Waals surface area (Å²) in [6.07, 6.45) is 2.30. The smallest absolute Gasteiger partial charge is 0.123 e. The molecule has 0 saturated carbocycles. The van der Waals surface area contributed by atoms with Gasteiger partial charge in [-0.25, -0.2) is 0 Å². The van der Waals surface area contributed by atoms with Gasteiger partial charge in [-0.2, -0.15) is 0 Å². The van der Waals surface area contributed by atoms with E-state index in [1.807, 2.05) is 18.2 Å². The van der Waals surface area contributed by atoms with Gasteiger partial charge in [0.2, 0.25) is 0 Å². The van der Waals surface area contributed by atoms with Crippen molar-refractivity contribution in [3.05, 3.63) is 23.8 Å². The average Bonchev–Trinajstić information content (AvgIpc) is 2.52. The summed E-state index contributed by atoms with van der Waals surface area (Å²) in [6, 6.07) is 6.16. The molecule has 0 aromatic heterocycles. The summed E-state index contributed by atoms with van der Waals surface area (Å²) in [5, 5.41) is 3.60. The van der Waals surface area contributed by atoms with Crippen molar-refractivity contribution in [1.82, 2.24) is 5.32 Å². The molecule has 20 heavy (non-hydrogen) atoms. The van der Waals surface area contributed by atoms with E-state index < -0.39 is 0 Å². The summed E-state index contributed by atoms with van der Waals surface area (Å²) in [7, 11) is 3.39. The minimum Gasteiger partial charge on any atom is -0.497 e. The van der Waals surface area contributed by atoms with E-state index in [1.54, 1.807) is 14.2 Å². The first-order valence-electron chi connectivity index (χ1n) is 7.27. The Hall–Kier alpha value is -1.26. The fourth-order valence-corrected chi connectivity index (χ4v) is 2.58. The third-order valence-electron chi connectivity index (χ3n) is 3.96. The molecule has 1 aliphatic rings. The highest BCUT2D eigenvalue weighted by Crippen LogP contribution is 2.29. The standard InChI is InChI=1S/C16H25NO3/c1-12(17-11-13-6-8-20-9-7-13)15-10-14(18-2)4-5-16(15)19-3/h4-5,10,12-13,17H,6-9,11H2,1-3H3. The first-order valence-corrected chi connectivity index (χ1v) is 7.27. The van der Waals surface area contributed by atoms with Crippen molar-refractivity contribution in [2.24, 2.45) is 5.92 Å². The van der Waals surface area contributed by atoms with Gasteiger partial charge in [0.25, 0.3) is 0 Å². The Labute approximate surface area is 121 Å². The van der Waals surface area contributed by atoms with Gasteiger partial charge in [0.15, 0.2) is 0 Å². The zero-order chi connectivity index (χ0) is 14.4. The second kappa shape index (κ2) is 7.50. The lowest BCUT2D eigenvalue weighted by Gasteiger charge is -2.25. The molecule has 1 fully saturated rings. The number of hydrogen-bond acceptors (Lipinski definition) is 4. The van der Waals surface area contributed by atoms with Crippen molar-refractivity contribution in [1.29, 1.82) is 0 Å². The van der Waals surface area contributed by atoms with Crippen LogP contribution in [0, 0.1) is 5.92 Å². The molecule has 4 nitrogen and oxygen atoms in total. The van der Waals surface area contributed by atoms with Gasteiger partial charge in [-0.15, -0.1) is 0 Å². The van der Waals surface area contributed by atoms with Crippen molar-refractivity contribution in [2.45, 2.75) is 25.8 Å². The maximum absolute atomic E-state index is 5.44. The molecule has 0 radical (unpaired) electrons. The average molecular weight is 279 g/mol. The third-order valence-corrected chi connectivity index (χ3v) is 3.96. The topological polar surface area (TPSA) is 39.7 Å². The molecule has 112 valence electrons. The Morgan fingerprint density at radius 3 is 2.65 bits per heavy atom. The molecule has 1 aromatic rings. The maximum Gasteiger partial charge on any atom is 0.123 e. The molecule has 1 saturated heterocycles. The zero-order valence-corrected chi connectivity index (χ0v) is 12.6. The van der Waals surface area contributed by atoms with Gasteiger partial charge in [0.05, 0.1) is 14.2 Å². The molecule has 1 N–H and O–H groups in total. The van der Waals surface area contributed by atoms with Crippen molar-refractivity contribution >= 4 is 0 Å². The summed E-state index contributed by atoms with van der Waals surface area (Å²) in [5.41, 5.74) is 1.14. The molecule has 1 unspecified atom stereocenters. The van der Waals surface area contributed by atoms with Crippen LogP contribution in [0.2, 0.25) is 0 Å². The van der Waals surface area contributed by atoms with Crippen molar-refractivity contribution in [3.63, 3.8) is 0 Å². The molecule has 0 bridgehead atoms. The van der Waals surface area contributed by atoms with E-state index in [9.17, 15) is 0 Å². The van der Waals surface area contributed by atoms with Crippen LogP contribution in [0.15, 0.2) is 18.2 Å². The fraction of sp³-hybridized carbons (Fsp3) is 0.625. The number of nitrogens with one attached hydrogen (secondary N) is 1. The molecule has 1 aliphatic heterocycles. The van der Waals surface area contributed by atoms with Gasteiger partial charge in [-0.3, -0.25) is 0 Å². The summed E-state index contributed by atoms with van der Waals surface area (Å²) in [6.45, 7) is 4.97. The minimum absolute atomic E-state index is 0.239. The Balaban J connectivity index is 1.98. The van der Waals surface area contributed by atoms with Crippen molar-refractivity contribution in [2.75, 3.05) is 34.0 Å².